The third-order valence-corrected chi connectivity index (χ3v) is 6.54. The van der Waals surface area contributed by atoms with Gasteiger partial charge in [0, 0.05) is 12.1 Å². The summed E-state index contributed by atoms with van der Waals surface area (Å²) >= 11 is 0. The molecule has 1 aliphatic rings. The Morgan fingerprint density at radius 2 is 1.55 bits per heavy atom. The largest absolute Gasteiger partial charge is 0.293 e. The summed E-state index contributed by atoms with van der Waals surface area (Å²) in [5, 5.41) is 1.66. The summed E-state index contributed by atoms with van der Waals surface area (Å²) in [5.74, 6) is 5.97. The van der Waals surface area contributed by atoms with Crippen LogP contribution in [0, 0.1) is 5.82 Å². The fourth-order valence-corrected chi connectivity index (χ4v) is 4.51. The SMILES string of the molecule is NN1CCN=C1c1ccc(Cc2ccc(CNS(=O)(=O)c3ccccc3F)cc2)cc1. The maximum Gasteiger partial charge on any atom is 0.243 e. The molecule has 0 radical (unpaired) electrons. The Kier molecular flexibility index (Phi) is 6.13. The van der Waals surface area contributed by atoms with Gasteiger partial charge in [0.2, 0.25) is 10.0 Å². The number of hydrazine groups is 1. The molecule has 0 unspecified atom stereocenters. The standard InChI is InChI=1S/C23H23FN4O2S/c24-21-3-1-2-4-22(21)31(29,30)27-16-19-7-5-17(6-8-19)15-18-9-11-20(12-10-18)23-26-13-14-28(23)25/h1-12,27H,13-16,25H2. The van der Waals surface area contributed by atoms with Crippen molar-refractivity contribution in [1.82, 2.24) is 9.73 Å². The zero-order valence-corrected chi connectivity index (χ0v) is 17.6. The van der Waals surface area contributed by atoms with Gasteiger partial charge in [-0.05, 0) is 35.2 Å². The predicted octanol–water partition coefficient (Wildman–Crippen LogP) is 2.83. The molecule has 3 aromatic rings. The van der Waals surface area contributed by atoms with Crippen LogP contribution < -0.4 is 10.6 Å². The summed E-state index contributed by atoms with van der Waals surface area (Å²) in [6.07, 6.45) is 0.750. The second kappa shape index (κ2) is 8.97. The van der Waals surface area contributed by atoms with E-state index in [4.69, 9.17) is 5.84 Å². The lowest BCUT2D eigenvalue weighted by atomic mass is 10.0. The van der Waals surface area contributed by atoms with Crippen molar-refractivity contribution in [3.63, 3.8) is 0 Å². The summed E-state index contributed by atoms with van der Waals surface area (Å²) in [5.41, 5.74) is 4.05. The number of nitrogens with one attached hydrogen (secondary N) is 1. The molecule has 3 N–H and O–H groups in total. The molecule has 3 aromatic carbocycles. The van der Waals surface area contributed by atoms with Crippen molar-refractivity contribution in [2.75, 3.05) is 13.1 Å². The van der Waals surface area contributed by atoms with E-state index in [0.29, 0.717) is 0 Å². The number of amidine groups is 1. The van der Waals surface area contributed by atoms with E-state index in [2.05, 4.69) is 21.8 Å². The first-order chi connectivity index (χ1) is 14.9. The second-order valence-electron chi connectivity index (χ2n) is 7.34. The molecule has 4 rings (SSSR count). The Bertz CT molecular complexity index is 1190. The third-order valence-electron chi connectivity index (χ3n) is 5.11. The molecule has 0 spiro atoms. The maximum absolute atomic E-state index is 13.8. The van der Waals surface area contributed by atoms with E-state index in [1.807, 2.05) is 36.4 Å². The fourth-order valence-electron chi connectivity index (χ4n) is 3.42. The number of sulfonamides is 1. The average molecular weight is 439 g/mol. The van der Waals surface area contributed by atoms with Crippen LogP contribution in [0.25, 0.3) is 0 Å². The molecule has 6 nitrogen and oxygen atoms in total. The van der Waals surface area contributed by atoms with Gasteiger partial charge in [-0.3, -0.25) is 10.0 Å². The van der Waals surface area contributed by atoms with Crippen molar-refractivity contribution in [3.8, 4) is 0 Å². The van der Waals surface area contributed by atoms with Crippen LogP contribution >= 0.6 is 0 Å². The second-order valence-corrected chi connectivity index (χ2v) is 9.08. The lowest BCUT2D eigenvalue weighted by molar-refractivity contribution is 0.484. The lowest BCUT2D eigenvalue weighted by Gasteiger charge is -2.13. The quantitative estimate of drug-likeness (QED) is 0.556. The number of hydrogen-bond donors (Lipinski definition) is 2. The smallest absolute Gasteiger partial charge is 0.243 e. The van der Waals surface area contributed by atoms with Crippen molar-refractivity contribution >= 4 is 15.9 Å². The molecular formula is C23H23FN4O2S. The Morgan fingerprint density at radius 3 is 2.16 bits per heavy atom. The zero-order chi connectivity index (χ0) is 21.8. The first-order valence-electron chi connectivity index (χ1n) is 9.90. The maximum atomic E-state index is 13.8. The van der Waals surface area contributed by atoms with E-state index in [9.17, 15) is 12.8 Å². The Morgan fingerprint density at radius 1 is 0.935 bits per heavy atom. The molecule has 1 heterocycles. The molecular weight excluding hydrogens is 415 g/mol. The van der Waals surface area contributed by atoms with Crippen LogP contribution in [0.1, 0.15) is 22.3 Å². The predicted molar refractivity (Wildman–Crippen MR) is 118 cm³/mol. The summed E-state index contributed by atoms with van der Waals surface area (Å²) in [7, 11) is -3.91. The molecule has 0 atom stereocenters. The molecule has 0 aromatic heterocycles. The monoisotopic (exact) mass is 438 g/mol. The molecule has 0 amide bonds. The summed E-state index contributed by atoms with van der Waals surface area (Å²) in [6, 6.07) is 21.1. The normalized spacial score (nSPS) is 14.0. The molecule has 31 heavy (non-hydrogen) atoms. The van der Waals surface area contributed by atoms with Crippen LogP contribution in [-0.2, 0) is 23.0 Å². The van der Waals surface area contributed by atoms with E-state index in [1.54, 1.807) is 5.01 Å². The van der Waals surface area contributed by atoms with Gasteiger partial charge in [0.25, 0.3) is 0 Å². The summed E-state index contributed by atoms with van der Waals surface area (Å²) < 4.78 is 40.8. The Hall–Kier alpha value is -3.07. The van der Waals surface area contributed by atoms with Gasteiger partial charge in [-0.2, -0.15) is 0 Å². The first-order valence-corrected chi connectivity index (χ1v) is 11.4. The number of nitrogens with zero attached hydrogens (tertiary/aromatic N) is 2. The zero-order valence-electron chi connectivity index (χ0n) is 16.8. The number of hydrogen-bond acceptors (Lipinski definition) is 5. The molecule has 8 heteroatoms. The van der Waals surface area contributed by atoms with Crippen molar-refractivity contribution in [3.05, 3.63) is 101 Å². The van der Waals surface area contributed by atoms with Crippen LogP contribution in [0.4, 0.5) is 4.39 Å². The summed E-state index contributed by atoms with van der Waals surface area (Å²) in [4.78, 5) is 4.07. The molecule has 0 saturated carbocycles. The van der Waals surface area contributed by atoms with E-state index >= 15 is 0 Å². The minimum absolute atomic E-state index is 0.0867. The number of halogens is 1. The van der Waals surface area contributed by atoms with Crippen LogP contribution in [0.5, 0.6) is 0 Å². The average Bonchev–Trinajstić information content (AvgIpc) is 3.20. The van der Waals surface area contributed by atoms with Crippen molar-refractivity contribution in [1.29, 1.82) is 0 Å². The molecule has 0 saturated heterocycles. The van der Waals surface area contributed by atoms with Crippen LogP contribution in [-0.4, -0.2) is 32.4 Å². The Labute approximate surface area is 181 Å². The minimum atomic E-state index is -3.91. The minimum Gasteiger partial charge on any atom is -0.293 e. The number of benzene rings is 3. The van der Waals surface area contributed by atoms with Gasteiger partial charge in [-0.15, -0.1) is 0 Å². The van der Waals surface area contributed by atoms with E-state index < -0.39 is 15.8 Å². The van der Waals surface area contributed by atoms with Gasteiger partial charge < -0.3 is 0 Å². The first kappa shape index (κ1) is 21.2. The highest BCUT2D eigenvalue weighted by molar-refractivity contribution is 7.89. The molecule has 0 aliphatic carbocycles. The number of rotatable bonds is 7. The van der Waals surface area contributed by atoms with Crippen molar-refractivity contribution in [2.24, 2.45) is 10.8 Å². The molecule has 160 valence electrons. The van der Waals surface area contributed by atoms with E-state index in [-0.39, 0.29) is 11.4 Å². The summed E-state index contributed by atoms with van der Waals surface area (Å²) in [6.45, 7) is 1.54. The van der Waals surface area contributed by atoms with Crippen molar-refractivity contribution in [2.45, 2.75) is 17.9 Å². The van der Waals surface area contributed by atoms with E-state index in [0.717, 1.165) is 53.7 Å². The van der Waals surface area contributed by atoms with Gasteiger partial charge >= 0.3 is 0 Å². The molecule has 0 fully saturated rings. The highest BCUT2D eigenvalue weighted by atomic mass is 32.2. The number of aliphatic imine (C=N–C) groups is 1. The molecule has 0 bridgehead atoms. The molecule has 1 aliphatic heterocycles. The lowest BCUT2D eigenvalue weighted by Crippen LogP contribution is -2.34. The van der Waals surface area contributed by atoms with Crippen LogP contribution in [0.15, 0.2) is 82.7 Å². The highest BCUT2D eigenvalue weighted by Gasteiger charge is 2.18. The van der Waals surface area contributed by atoms with Gasteiger partial charge in [-0.25, -0.2) is 23.4 Å². The Balaban J connectivity index is 1.37. The van der Waals surface area contributed by atoms with Gasteiger partial charge in [0.05, 0.1) is 13.1 Å². The van der Waals surface area contributed by atoms with Gasteiger partial charge in [-0.1, -0.05) is 60.7 Å². The topological polar surface area (TPSA) is 87.8 Å². The van der Waals surface area contributed by atoms with E-state index in [1.165, 1.54) is 18.2 Å². The highest BCUT2D eigenvalue weighted by Crippen LogP contribution is 2.16. The van der Waals surface area contributed by atoms with Crippen molar-refractivity contribution < 1.29 is 12.8 Å². The van der Waals surface area contributed by atoms with Crippen LogP contribution in [0.3, 0.4) is 0 Å². The van der Waals surface area contributed by atoms with Crippen LogP contribution in [0.2, 0.25) is 0 Å². The third kappa shape index (κ3) is 4.99. The fraction of sp³-hybridized carbons (Fsp3) is 0.174. The van der Waals surface area contributed by atoms with Gasteiger partial charge in [0.1, 0.15) is 16.5 Å². The van der Waals surface area contributed by atoms with Gasteiger partial charge in [0.15, 0.2) is 0 Å². The number of nitrogens with two attached hydrogens (primary N) is 1.